The van der Waals surface area contributed by atoms with Crippen LogP contribution >= 0.6 is 23.2 Å². The predicted octanol–water partition coefficient (Wildman–Crippen LogP) is 7.92. The Kier molecular flexibility index (Phi) is 8.60. The number of benzene rings is 2. The number of rotatable bonds is 7. The molecule has 5 aromatic rings. The van der Waals surface area contributed by atoms with Crippen LogP contribution in [0.1, 0.15) is 62.5 Å². The van der Waals surface area contributed by atoms with Gasteiger partial charge in [-0.25, -0.2) is 9.67 Å². The summed E-state index contributed by atoms with van der Waals surface area (Å²) in [5.74, 6) is -0.781. The number of aromatic nitrogens is 5. The van der Waals surface area contributed by atoms with E-state index in [1.54, 1.807) is 6.07 Å². The lowest BCUT2D eigenvalue weighted by molar-refractivity contribution is 0.0866. The van der Waals surface area contributed by atoms with Crippen LogP contribution in [0.25, 0.3) is 10.9 Å². The molecule has 4 heterocycles. The molecule has 0 amide bonds. The maximum Gasteiger partial charge on any atom is 0.231 e. The van der Waals surface area contributed by atoms with E-state index < -0.39 is 5.95 Å². The largest absolute Gasteiger partial charge is 0.373 e. The molecule has 3 aromatic heterocycles. The van der Waals surface area contributed by atoms with Crippen molar-refractivity contribution in [3.05, 3.63) is 99.9 Å². The normalized spacial score (nSPS) is 15.1. The van der Waals surface area contributed by atoms with Crippen molar-refractivity contribution in [3.8, 4) is 6.07 Å². The van der Waals surface area contributed by atoms with Gasteiger partial charge in [0.15, 0.2) is 0 Å². The van der Waals surface area contributed by atoms with E-state index >= 15 is 0 Å². The molecule has 0 aliphatic carbocycles. The first-order valence-electron chi connectivity index (χ1n) is 14.7. The maximum absolute atomic E-state index is 13.7. The molecule has 9 nitrogen and oxygen atoms in total. The number of halogens is 3. The highest BCUT2D eigenvalue weighted by Crippen LogP contribution is 2.37. The molecule has 12 heteroatoms. The standard InChI is InChI=1S/C33H32Cl2FN9/c1-33(2,3)44-11-9-24(10-12-44)45-19-28(42-43-45)30(20-7-5-4-6-8-20)40-22-13-25-29(41-23-15-27(35)32(36)39-18-23)21(16-37)17-38-31(25)26(34)14-22/h4-8,13-15,17-19,24,30,40H,9-12H2,1-3H3,(H,38,41). The van der Waals surface area contributed by atoms with Gasteiger partial charge < -0.3 is 10.6 Å². The molecule has 1 saturated heterocycles. The third-order valence-electron chi connectivity index (χ3n) is 8.17. The Hall–Kier alpha value is -4.30. The number of pyridine rings is 2. The summed E-state index contributed by atoms with van der Waals surface area (Å²) >= 11 is 12.7. The van der Waals surface area contributed by atoms with Crippen LogP contribution in [0.3, 0.4) is 0 Å². The summed E-state index contributed by atoms with van der Waals surface area (Å²) in [6.07, 6.45) is 6.78. The SMILES string of the molecule is CC(C)(C)N1CCC(n2cc(C(Nc3cc(Cl)c4ncc(C#N)c(Nc5cnc(F)c(Cl)c5)c4c3)c3ccccc3)nn2)CC1. The number of hydrogen-bond acceptors (Lipinski definition) is 8. The minimum Gasteiger partial charge on any atom is -0.373 e. The molecule has 0 bridgehead atoms. The molecule has 45 heavy (non-hydrogen) atoms. The van der Waals surface area contributed by atoms with Gasteiger partial charge in [-0.3, -0.25) is 9.88 Å². The number of nitrogens with zero attached hydrogens (tertiary/aromatic N) is 7. The number of fused-ring (bicyclic) bond motifs is 1. The van der Waals surface area contributed by atoms with Gasteiger partial charge in [0.2, 0.25) is 5.95 Å². The summed E-state index contributed by atoms with van der Waals surface area (Å²) < 4.78 is 15.7. The zero-order valence-electron chi connectivity index (χ0n) is 25.1. The molecule has 0 radical (unpaired) electrons. The molecule has 1 atom stereocenters. The van der Waals surface area contributed by atoms with Gasteiger partial charge in [0.1, 0.15) is 11.8 Å². The van der Waals surface area contributed by atoms with Crippen molar-refractivity contribution >= 4 is 51.2 Å². The molecule has 6 rings (SSSR count). The van der Waals surface area contributed by atoms with Gasteiger partial charge in [0, 0.05) is 35.9 Å². The fraction of sp³-hybridized carbons (Fsp3) is 0.303. The third-order valence-corrected chi connectivity index (χ3v) is 8.72. The summed E-state index contributed by atoms with van der Waals surface area (Å²) in [6, 6.07) is 17.2. The number of nitrogens with one attached hydrogen (secondary N) is 2. The van der Waals surface area contributed by atoms with Crippen LogP contribution in [0.4, 0.5) is 21.5 Å². The Morgan fingerprint density at radius 3 is 2.42 bits per heavy atom. The molecular weight excluding hydrogens is 612 g/mol. The topological polar surface area (TPSA) is 108 Å². The minimum atomic E-state index is -0.781. The molecule has 1 fully saturated rings. The van der Waals surface area contributed by atoms with Gasteiger partial charge in [-0.1, -0.05) is 58.7 Å². The van der Waals surface area contributed by atoms with Crippen LogP contribution < -0.4 is 10.6 Å². The van der Waals surface area contributed by atoms with Crippen molar-refractivity contribution < 1.29 is 4.39 Å². The molecule has 0 spiro atoms. The van der Waals surface area contributed by atoms with E-state index in [9.17, 15) is 9.65 Å². The van der Waals surface area contributed by atoms with Crippen molar-refractivity contribution in [2.75, 3.05) is 23.7 Å². The van der Waals surface area contributed by atoms with Gasteiger partial charge in [-0.2, -0.15) is 9.65 Å². The quantitative estimate of drug-likeness (QED) is 0.172. The monoisotopic (exact) mass is 643 g/mol. The molecule has 1 aliphatic rings. The summed E-state index contributed by atoms with van der Waals surface area (Å²) in [5, 5.41) is 26.7. The first-order chi connectivity index (χ1) is 21.6. The highest BCUT2D eigenvalue weighted by molar-refractivity contribution is 6.36. The van der Waals surface area contributed by atoms with E-state index in [1.807, 2.05) is 47.3 Å². The van der Waals surface area contributed by atoms with E-state index in [2.05, 4.69) is 62.7 Å². The van der Waals surface area contributed by atoms with Crippen LogP contribution in [0.15, 0.2) is 67.1 Å². The summed E-state index contributed by atoms with van der Waals surface area (Å²) in [5.41, 5.74) is 4.22. The van der Waals surface area contributed by atoms with Crippen molar-refractivity contribution in [3.63, 3.8) is 0 Å². The van der Waals surface area contributed by atoms with Crippen molar-refractivity contribution in [1.29, 1.82) is 5.26 Å². The predicted molar refractivity (Wildman–Crippen MR) is 175 cm³/mol. The lowest BCUT2D eigenvalue weighted by Gasteiger charge is -2.40. The number of piperidine rings is 1. The second kappa shape index (κ2) is 12.6. The Morgan fingerprint density at radius 2 is 1.73 bits per heavy atom. The van der Waals surface area contributed by atoms with E-state index in [0.717, 1.165) is 37.2 Å². The summed E-state index contributed by atoms with van der Waals surface area (Å²) in [7, 11) is 0. The van der Waals surface area contributed by atoms with Gasteiger partial charge in [-0.15, -0.1) is 5.10 Å². The van der Waals surface area contributed by atoms with Crippen molar-refractivity contribution in [2.24, 2.45) is 0 Å². The molecule has 2 aromatic carbocycles. The Labute approximate surface area is 271 Å². The lowest BCUT2D eigenvalue weighted by atomic mass is 9.98. The highest BCUT2D eigenvalue weighted by atomic mass is 35.5. The molecule has 1 unspecified atom stereocenters. The Balaban J connectivity index is 1.35. The molecule has 230 valence electrons. The smallest absolute Gasteiger partial charge is 0.231 e. The number of nitriles is 1. The summed E-state index contributed by atoms with van der Waals surface area (Å²) in [6.45, 7) is 8.77. The first-order valence-corrected chi connectivity index (χ1v) is 15.4. The van der Waals surface area contributed by atoms with Crippen LogP contribution in [0.5, 0.6) is 0 Å². The average molecular weight is 645 g/mol. The number of anilines is 3. The summed E-state index contributed by atoms with van der Waals surface area (Å²) in [4.78, 5) is 10.6. The van der Waals surface area contributed by atoms with E-state index in [4.69, 9.17) is 23.2 Å². The van der Waals surface area contributed by atoms with Crippen LogP contribution in [-0.2, 0) is 0 Å². The fourth-order valence-corrected chi connectivity index (χ4v) is 6.17. The van der Waals surface area contributed by atoms with Gasteiger partial charge >= 0.3 is 0 Å². The first kappa shape index (κ1) is 30.7. The highest BCUT2D eigenvalue weighted by Gasteiger charge is 2.29. The van der Waals surface area contributed by atoms with Crippen LogP contribution in [0, 0.1) is 17.3 Å². The Morgan fingerprint density at radius 1 is 1.00 bits per heavy atom. The van der Waals surface area contributed by atoms with Gasteiger partial charge in [0.05, 0.1) is 57.0 Å². The number of hydrogen-bond donors (Lipinski definition) is 2. The van der Waals surface area contributed by atoms with E-state index in [0.29, 0.717) is 33.0 Å². The molecular formula is C33H32Cl2FN9. The molecule has 1 aliphatic heterocycles. The van der Waals surface area contributed by atoms with Crippen LogP contribution in [0.2, 0.25) is 10.0 Å². The lowest BCUT2D eigenvalue weighted by Crippen LogP contribution is -2.46. The van der Waals surface area contributed by atoms with E-state index in [1.165, 1.54) is 18.5 Å². The zero-order chi connectivity index (χ0) is 31.7. The Bertz CT molecular complexity index is 1870. The van der Waals surface area contributed by atoms with Crippen molar-refractivity contribution in [1.82, 2.24) is 29.9 Å². The third kappa shape index (κ3) is 6.57. The fourth-order valence-electron chi connectivity index (χ4n) is 5.74. The zero-order valence-corrected chi connectivity index (χ0v) is 26.6. The number of likely N-dealkylation sites (tertiary alicyclic amines) is 1. The average Bonchev–Trinajstić information content (AvgIpc) is 3.52. The second-order valence-electron chi connectivity index (χ2n) is 12.1. The van der Waals surface area contributed by atoms with E-state index in [-0.39, 0.29) is 28.2 Å². The maximum atomic E-state index is 13.7. The second-order valence-corrected chi connectivity index (χ2v) is 12.9. The van der Waals surface area contributed by atoms with Gasteiger partial charge in [-0.05, 0) is 57.4 Å². The van der Waals surface area contributed by atoms with Crippen LogP contribution in [-0.4, -0.2) is 48.5 Å². The molecule has 0 saturated carbocycles. The minimum absolute atomic E-state index is 0.143. The molecule has 2 N–H and O–H groups in total. The van der Waals surface area contributed by atoms with Crippen molar-refractivity contribution in [2.45, 2.75) is 51.2 Å². The van der Waals surface area contributed by atoms with Gasteiger partial charge in [0.25, 0.3) is 0 Å².